The number of carboxylic acid groups (broad SMARTS) is 4. The lowest BCUT2D eigenvalue weighted by atomic mass is 10.5. The van der Waals surface area contributed by atoms with Crippen LogP contribution < -0.4 is 0 Å². The van der Waals surface area contributed by atoms with Crippen LogP contribution in [0.2, 0.25) is 0 Å². The fourth-order valence-corrected chi connectivity index (χ4v) is 0.403. The number of carbonyl (C=O) groups excluding carboxylic acids is 1. The average molecular weight is 318 g/mol. The Balaban J connectivity index is -0.000000249. The molecular weight excluding hydrogens is 304 g/mol. The minimum atomic E-state index is -1.26. The van der Waals surface area contributed by atoms with Gasteiger partial charge in [0.05, 0.1) is 6.26 Å². The summed E-state index contributed by atoms with van der Waals surface area (Å²) >= 11 is 0. The Morgan fingerprint density at radius 1 is 0.727 bits per heavy atom. The average Bonchev–Trinajstić information content (AvgIpc) is 2.35. The Morgan fingerprint density at radius 3 is 1.00 bits per heavy atom. The van der Waals surface area contributed by atoms with Crippen molar-refractivity contribution in [3.05, 3.63) is 37.1 Å². The van der Waals surface area contributed by atoms with E-state index >= 15 is 0 Å². The molecule has 0 spiro atoms. The van der Waals surface area contributed by atoms with Crippen LogP contribution >= 0.6 is 0 Å². The zero-order valence-electron chi connectivity index (χ0n) is 11.3. The quantitative estimate of drug-likeness (QED) is 0.309. The number of hydrogen-bond acceptors (Lipinski definition) is 6. The fourth-order valence-electron chi connectivity index (χ4n) is 0.403. The van der Waals surface area contributed by atoms with E-state index in [9.17, 15) is 24.0 Å². The lowest BCUT2D eigenvalue weighted by Gasteiger charge is -1.83. The molecule has 0 atom stereocenters. The largest absolute Gasteiger partial charge is 0.478 e. The molecule has 0 bridgehead atoms. The summed E-state index contributed by atoms with van der Waals surface area (Å²) in [5.41, 5.74) is 0. The highest BCUT2D eigenvalue weighted by atomic mass is 16.5. The Bertz CT molecular complexity index is 406. The van der Waals surface area contributed by atoms with Gasteiger partial charge in [-0.1, -0.05) is 6.58 Å². The molecule has 0 aliphatic carbocycles. The Hall–Kier alpha value is -3.43. The number of ether oxygens (including phenoxy) is 1. The van der Waals surface area contributed by atoms with Gasteiger partial charge >= 0.3 is 29.8 Å². The normalized spacial score (nSPS) is 8.77. The van der Waals surface area contributed by atoms with Crippen LogP contribution in [0.15, 0.2) is 37.1 Å². The molecule has 0 unspecified atom stereocenters. The van der Waals surface area contributed by atoms with Gasteiger partial charge < -0.3 is 25.2 Å². The fraction of sp³-hybridized carbons (Fsp3) is 0.0833. The second-order valence-electron chi connectivity index (χ2n) is 2.80. The van der Waals surface area contributed by atoms with Gasteiger partial charge in [-0.15, -0.1) is 0 Å². The lowest BCUT2D eigenvalue weighted by Crippen LogP contribution is -1.91. The van der Waals surface area contributed by atoms with Gasteiger partial charge in [0.2, 0.25) is 0 Å². The number of hydrogen-bond donors (Lipinski definition) is 4. The summed E-state index contributed by atoms with van der Waals surface area (Å²) in [6.07, 6.45) is 3.33. The van der Waals surface area contributed by atoms with E-state index in [-0.39, 0.29) is 5.97 Å². The highest BCUT2D eigenvalue weighted by molar-refractivity contribution is 5.90. The summed E-state index contributed by atoms with van der Waals surface area (Å²) in [7, 11) is 0. The van der Waals surface area contributed by atoms with Crippen LogP contribution in [0, 0.1) is 0 Å². The molecular formula is C12H14O10. The molecule has 10 heteroatoms. The number of carbonyl (C=O) groups is 5. The van der Waals surface area contributed by atoms with E-state index in [1.807, 2.05) is 0 Å². The maximum absolute atomic E-state index is 9.75. The van der Waals surface area contributed by atoms with E-state index in [2.05, 4.69) is 11.3 Å². The first-order chi connectivity index (χ1) is 10.0. The third-order valence-corrected chi connectivity index (χ3v) is 0.986. The summed E-state index contributed by atoms with van der Waals surface area (Å²) in [5, 5.41) is 31.2. The number of rotatable bonds is 5. The molecule has 0 rings (SSSR count). The summed E-state index contributed by atoms with van der Waals surface area (Å²) in [6, 6.07) is 0. The van der Waals surface area contributed by atoms with E-state index < -0.39 is 23.9 Å². The van der Waals surface area contributed by atoms with E-state index in [0.29, 0.717) is 24.3 Å². The van der Waals surface area contributed by atoms with Crippen molar-refractivity contribution in [1.82, 2.24) is 0 Å². The molecule has 0 amide bonds. The smallest absolute Gasteiger partial charge is 0.328 e. The van der Waals surface area contributed by atoms with Crippen molar-refractivity contribution in [3.63, 3.8) is 0 Å². The molecule has 122 valence electrons. The predicted molar refractivity (Wildman–Crippen MR) is 70.8 cm³/mol. The molecule has 22 heavy (non-hydrogen) atoms. The second-order valence-corrected chi connectivity index (χ2v) is 2.80. The standard InChI is InChI=1S/2C4H4O4.C4H6O2/c2*5-3(6)1-2-4(7)8;1-3-6-4(2)5/h2*1-2H,(H,5,6)(H,7,8);3H,1H2,2H3/b2*2-1-;. The van der Waals surface area contributed by atoms with E-state index in [1.54, 1.807) is 0 Å². The molecule has 0 aromatic heterocycles. The second kappa shape index (κ2) is 15.6. The van der Waals surface area contributed by atoms with Gasteiger partial charge in [0.1, 0.15) is 0 Å². The van der Waals surface area contributed by atoms with Crippen molar-refractivity contribution in [2.45, 2.75) is 6.92 Å². The van der Waals surface area contributed by atoms with Crippen LogP contribution in [0.3, 0.4) is 0 Å². The van der Waals surface area contributed by atoms with Crippen molar-refractivity contribution < 1.29 is 49.1 Å². The van der Waals surface area contributed by atoms with Crippen LogP contribution in [0.4, 0.5) is 0 Å². The van der Waals surface area contributed by atoms with Crippen molar-refractivity contribution >= 4 is 29.8 Å². The number of carboxylic acids is 4. The van der Waals surface area contributed by atoms with Crippen molar-refractivity contribution in [2.24, 2.45) is 0 Å². The van der Waals surface area contributed by atoms with E-state index in [4.69, 9.17) is 20.4 Å². The van der Waals surface area contributed by atoms with E-state index in [0.717, 1.165) is 6.26 Å². The van der Waals surface area contributed by atoms with Crippen LogP contribution in [-0.2, 0) is 28.7 Å². The molecule has 0 heterocycles. The molecule has 0 aromatic carbocycles. The van der Waals surface area contributed by atoms with Gasteiger partial charge in [-0.25, -0.2) is 19.2 Å². The van der Waals surface area contributed by atoms with Gasteiger partial charge in [-0.2, -0.15) is 0 Å². The Kier molecular flexibility index (Phi) is 16.8. The number of esters is 1. The highest BCUT2D eigenvalue weighted by Gasteiger charge is 1.88. The third kappa shape index (κ3) is 43.9. The van der Waals surface area contributed by atoms with Gasteiger partial charge in [-0.05, 0) is 0 Å². The zero-order chi connectivity index (χ0) is 18.1. The first-order valence-corrected chi connectivity index (χ1v) is 5.08. The maximum Gasteiger partial charge on any atom is 0.328 e. The lowest BCUT2D eigenvalue weighted by molar-refractivity contribution is -0.135. The van der Waals surface area contributed by atoms with Crippen molar-refractivity contribution in [3.8, 4) is 0 Å². The molecule has 10 nitrogen and oxygen atoms in total. The van der Waals surface area contributed by atoms with Gasteiger partial charge in [0.25, 0.3) is 0 Å². The molecule has 0 fully saturated rings. The van der Waals surface area contributed by atoms with Crippen molar-refractivity contribution in [1.29, 1.82) is 0 Å². The van der Waals surface area contributed by atoms with Crippen LogP contribution in [-0.4, -0.2) is 50.3 Å². The first kappa shape index (κ1) is 23.6. The van der Waals surface area contributed by atoms with Gasteiger partial charge in [0, 0.05) is 31.2 Å². The minimum absolute atomic E-state index is 0.329. The Labute approximate surface area is 124 Å². The molecule has 0 saturated heterocycles. The van der Waals surface area contributed by atoms with Gasteiger partial charge in [0.15, 0.2) is 0 Å². The summed E-state index contributed by atoms with van der Waals surface area (Å²) < 4.78 is 4.17. The molecule has 0 aromatic rings. The highest BCUT2D eigenvalue weighted by Crippen LogP contribution is 1.71. The zero-order valence-corrected chi connectivity index (χ0v) is 11.3. The first-order valence-electron chi connectivity index (χ1n) is 5.08. The topological polar surface area (TPSA) is 176 Å². The number of aliphatic carboxylic acids is 4. The minimum Gasteiger partial charge on any atom is -0.478 e. The van der Waals surface area contributed by atoms with Crippen LogP contribution in [0.1, 0.15) is 6.92 Å². The van der Waals surface area contributed by atoms with E-state index in [1.165, 1.54) is 6.92 Å². The maximum atomic E-state index is 9.75. The van der Waals surface area contributed by atoms with Crippen molar-refractivity contribution in [2.75, 3.05) is 0 Å². The summed E-state index contributed by atoms with van der Waals surface area (Å²) in [5.74, 6) is -5.36. The SMILES string of the molecule is C=COC(C)=O.O=C(O)/C=C\C(=O)O.O=C(O)/C=C\C(=O)O. The molecule has 0 saturated carbocycles. The molecule has 4 N–H and O–H groups in total. The third-order valence-electron chi connectivity index (χ3n) is 0.986. The van der Waals surface area contributed by atoms with Gasteiger partial charge in [-0.3, -0.25) is 4.79 Å². The van der Waals surface area contributed by atoms with Crippen LogP contribution in [0.5, 0.6) is 0 Å². The molecule has 0 aliphatic rings. The summed E-state index contributed by atoms with van der Waals surface area (Å²) in [4.78, 5) is 48.0. The molecule has 0 radical (unpaired) electrons. The Morgan fingerprint density at radius 2 is 0.955 bits per heavy atom. The summed E-state index contributed by atoms with van der Waals surface area (Å²) in [6.45, 7) is 4.48. The monoisotopic (exact) mass is 318 g/mol. The van der Waals surface area contributed by atoms with Crippen LogP contribution in [0.25, 0.3) is 0 Å². The molecule has 0 aliphatic heterocycles. The predicted octanol–water partition coefficient (Wildman–Crippen LogP) is 0.117.